The number of carbonyl (C=O) groups is 1. The van der Waals surface area contributed by atoms with E-state index in [2.05, 4.69) is 28.1 Å². The fourth-order valence-corrected chi connectivity index (χ4v) is 4.75. The molecule has 2 nitrogen and oxygen atoms in total. The van der Waals surface area contributed by atoms with Gasteiger partial charge in [-0.1, -0.05) is 52.3 Å². The second kappa shape index (κ2) is 5.85. The summed E-state index contributed by atoms with van der Waals surface area (Å²) in [4.78, 5) is 12.7. The van der Waals surface area contributed by atoms with Gasteiger partial charge in [0.15, 0.2) is 0 Å². The summed E-state index contributed by atoms with van der Waals surface area (Å²) in [5, 5.41) is 9.65. The third kappa shape index (κ3) is 3.01. The molecule has 3 rings (SSSR count). The van der Waals surface area contributed by atoms with E-state index in [4.69, 9.17) is 0 Å². The summed E-state index contributed by atoms with van der Waals surface area (Å²) in [5.41, 5.74) is 1.24. The van der Waals surface area contributed by atoms with Gasteiger partial charge in [0.2, 0.25) is 0 Å². The molecule has 1 saturated carbocycles. The predicted octanol–water partition coefficient (Wildman–Crippen LogP) is 4.94. The molecule has 0 saturated heterocycles. The van der Waals surface area contributed by atoms with Crippen LogP contribution >= 0.6 is 27.7 Å². The van der Waals surface area contributed by atoms with Crippen molar-refractivity contribution in [2.45, 2.75) is 28.4 Å². The lowest BCUT2D eigenvalue weighted by molar-refractivity contribution is -0.142. The highest BCUT2D eigenvalue weighted by molar-refractivity contribution is 9.10. The minimum Gasteiger partial charge on any atom is -0.480 e. The Labute approximate surface area is 136 Å². The monoisotopic (exact) mass is 362 g/mol. The molecule has 1 fully saturated rings. The van der Waals surface area contributed by atoms with Crippen LogP contribution in [0, 0.1) is 0 Å². The van der Waals surface area contributed by atoms with Crippen LogP contribution in [0.3, 0.4) is 0 Å². The molecule has 0 atom stereocenters. The maximum Gasteiger partial charge on any atom is 0.320 e. The fourth-order valence-electron chi connectivity index (χ4n) is 2.75. The molecular weight excluding hydrogens is 348 g/mol. The van der Waals surface area contributed by atoms with Gasteiger partial charge in [-0.3, -0.25) is 4.79 Å². The number of thioether (sulfide) groups is 1. The molecule has 0 aromatic heterocycles. The van der Waals surface area contributed by atoms with Gasteiger partial charge in [0.1, 0.15) is 4.75 Å². The molecule has 4 heteroatoms. The van der Waals surface area contributed by atoms with Crippen LogP contribution in [0.4, 0.5) is 0 Å². The first kappa shape index (κ1) is 14.7. The van der Waals surface area contributed by atoms with E-state index in [-0.39, 0.29) is 0 Å². The van der Waals surface area contributed by atoms with Crippen LogP contribution in [0.2, 0.25) is 0 Å². The summed E-state index contributed by atoms with van der Waals surface area (Å²) in [6.07, 6.45) is 1.37. The van der Waals surface area contributed by atoms with Gasteiger partial charge in [0, 0.05) is 9.37 Å². The summed E-state index contributed by atoms with van der Waals surface area (Å²) in [7, 11) is 0. The van der Waals surface area contributed by atoms with Gasteiger partial charge in [-0.2, -0.15) is 0 Å². The van der Waals surface area contributed by atoms with Crippen molar-refractivity contribution in [2.75, 3.05) is 0 Å². The number of aliphatic carboxylic acids is 1. The number of carboxylic acid groups (broad SMARTS) is 1. The van der Waals surface area contributed by atoms with Crippen molar-refractivity contribution in [3.63, 3.8) is 0 Å². The van der Waals surface area contributed by atoms with E-state index in [1.807, 2.05) is 42.5 Å². The van der Waals surface area contributed by atoms with E-state index >= 15 is 0 Å². The Balaban J connectivity index is 1.77. The SMILES string of the molecule is O=C(O)C1(Sc2cccc(Br)c2)CC(c2ccccc2)C1. The molecule has 21 heavy (non-hydrogen) atoms. The van der Waals surface area contributed by atoms with E-state index in [0.717, 1.165) is 9.37 Å². The molecule has 2 aromatic carbocycles. The van der Waals surface area contributed by atoms with E-state index in [0.29, 0.717) is 18.8 Å². The summed E-state index contributed by atoms with van der Waals surface area (Å²) >= 11 is 4.90. The molecular formula is C17H15BrO2S. The first-order valence-corrected chi connectivity index (χ1v) is 8.43. The van der Waals surface area contributed by atoms with Crippen LogP contribution in [0.15, 0.2) is 64.0 Å². The average Bonchev–Trinajstić information content (AvgIpc) is 2.43. The molecule has 0 bridgehead atoms. The van der Waals surface area contributed by atoms with Crippen LogP contribution in [0.1, 0.15) is 24.3 Å². The highest BCUT2D eigenvalue weighted by Crippen LogP contribution is 2.55. The highest BCUT2D eigenvalue weighted by Gasteiger charge is 2.51. The summed E-state index contributed by atoms with van der Waals surface area (Å²) < 4.78 is 0.286. The zero-order chi connectivity index (χ0) is 14.9. The van der Waals surface area contributed by atoms with E-state index in [1.165, 1.54) is 17.3 Å². The van der Waals surface area contributed by atoms with Crippen molar-refractivity contribution in [3.05, 3.63) is 64.6 Å². The Morgan fingerprint density at radius 1 is 1.14 bits per heavy atom. The number of benzene rings is 2. The molecule has 108 valence electrons. The Morgan fingerprint density at radius 2 is 1.86 bits per heavy atom. The van der Waals surface area contributed by atoms with Crippen molar-refractivity contribution in [1.82, 2.24) is 0 Å². The number of hydrogen-bond acceptors (Lipinski definition) is 2. The number of halogens is 1. The largest absolute Gasteiger partial charge is 0.480 e. The summed E-state index contributed by atoms with van der Waals surface area (Å²) in [6.45, 7) is 0. The average molecular weight is 363 g/mol. The van der Waals surface area contributed by atoms with Crippen molar-refractivity contribution in [3.8, 4) is 0 Å². The normalized spacial score (nSPS) is 24.3. The van der Waals surface area contributed by atoms with E-state index in [1.54, 1.807) is 0 Å². The van der Waals surface area contributed by atoms with Crippen LogP contribution in [0.25, 0.3) is 0 Å². The zero-order valence-corrected chi connectivity index (χ0v) is 13.7. The number of rotatable bonds is 4. The van der Waals surface area contributed by atoms with Gasteiger partial charge in [-0.15, -0.1) is 11.8 Å². The Bertz CT molecular complexity index is 651. The predicted molar refractivity (Wildman–Crippen MR) is 88.8 cm³/mol. The minimum atomic E-state index is -0.709. The first-order valence-electron chi connectivity index (χ1n) is 6.82. The topological polar surface area (TPSA) is 37.3 Å². The molecule has 2 aromatic rings. The lowest BCUT2D eigenvalue weighted by atomic mass is 9.70. The van der Waals surface area contributed by atoms with Gasteiger partial charge in [-0.25, -0.2) is 0 Å². The lowest BCUT2D eigenvalue weighted by Gasteiger charge is -2.44. The van der Waals surface area contributed by atoms with Gasteiger partial charge in [-0.05, 0) is 42.5 Å². The molecule has 0 radical (unpaired) electrons. The van der Waals surface area contributed by atoms with Crippen LogP contribution < -0.4 is 0 Å². The third-order valence-corrected chi connectivity index (χ3v) is 5.80. The molecule has 0 heterocycles. The van der Waals surface area contributed by atoms with Crippen molar-refractivity contribution < 1.29 is 9.90 Å². The van der Waals surface area contributed by atoms with Crippen molar-refractivity contribution in [2.24, 2.45) is 0 Å². The smallest absolute Gasteiger partial charge is 0.320 e. The lowest BCUT2D eigenvalue weighted by Crippen LogP contribution is -2.46. The first-order chi connectivity index (χ1) is 10.1. The molecule has 1 N–H and O–H groups in total. The van der Waals surface area contributed by atoms with Crippen molar-refractivity contribution >= 4 is 33.7 Å². The standard InChI is InChI=1S/C17H15BrO2S/c18-14-7-4-8-15(9-14)21-17(16(19)20)10-13(11-17)12-5-2-1-3-6-12/h1-9,13H,10-11H2,(H,19,20). The third-order valence-electron chi connectivity index (χ3n) is 3.92. The second-order valence-corrected chi connectivity index (χ2v) is 7.75. The molecule has 0 unspecified atom stereocenters. The Hall–Kier alpha value is -1.26. The van der Waals surface area contributed by atoms with E-state index < -0.39 is 10.7 Å². The minimum absolute atomic E-state index is 0.349. The molecule has 0 amide bonds. The van der Waals surface area contributed by atoms with Crippen LogP contribution in [0.5, 0.6) is 0 Å². The summed E-state index contributed by atoms with van der Waals surface area (Å²) in [6, 6.07) is 18.0. The van der Waals surface area contributed by atoms with Gasteiger partial charge >= 0.3 is 5.97 Å². The zero-order valence-electron chi connectivity index (χ0n) is 11.3. The molecule has 0 spiro atoms. The molecule has 0 aliphatic heterocycles. The van der Waals surface area contributed by atoms with Gasteiger partial charge in [0.25, 0.3) is 0 Å². The highest BCUT2D eigenvalue weighted by atomic mass is 79.9. The van der Waals surface area contributed by atoms with Gasteiger partial charge in [0.05, 0.1) is 0 Å². The Morgan fingerprint density at radius 3 is 2.48 bits per heavy atom. The maximum absolute atomic E-state index is 11.7. The van der Waals surface area contributed by atoms with Crippen molar-refractivity contribution in [1.29, 1.82) is 0 Å². The number of carboxylic acids is 1. The van der Waals surface area contributed by atoms with E-state index in [9.17, 15) is 9.90 Å². The summed E-state index contributed by atoms with van der Waals surface area (Å²) in [5.74, 6) is -0.360. The molecule has 1 aliphatic carbocycles. The Kier molecular flexibility index (Phi) is 4.09. The fraction of sp³-hybridized carbons (Fsp3) is 0.235. The quantitative estimate of drug-likeness (QED) is 0.836. The van der Waals surface area contributed by atoms with Crippen LogP contribution in [-0.2, 0) is 4.79 Å². The van der Waals surface area contributed by atoms with Gasteiger partial charge < -0.3 is 5.11 Å². The number of hydrogen-bond donors (Lipinski definition) is 1. The maximum atomic E-state index is 11.7. The molecule has 1 aliphatic rings. The van der Waals surface area contributed by atoms with Crippen LogP contribution in [-0.4, -0.2) is 15.8 Å². The second-order valence-electron chi connectivity index (χ2n) is 5.37.